The van der Waals surface area contributed by atoms with Crippen LogP contribution in [0.2, 0.25) is 0 Å². The number of aromatic amines is 1. The number of aromatic nitrogens is 4. The van der Waals surface area contributed by atoms with E-state index in [9.17, 15) is 10.1 Å². The molecule has 0 radical (unpaired) electrons. The Labute approximate surface area is 176 Å². The third kappa shape index (κ3) is 3.82. The highest BCUT2D eigenvalue weighted by atomic mass is 16.6. The number of hydrogen-bond donors (Lipinski definition) is 2. The summed E-state index contributed by atoms with van der Waals surface area (Å²) in [5.74, 6) is 0.650. The first kappa shape index (κ1) is 18.4. The van der Waals surface area contributed by atoms with Crippen LogP contribution in [0.25, 0.3) is 33.7 Å². The van der Waals surface area contributed by atoms with Gasteiger partial charge in [0.2, 0.25) is 0 Å². The van der Waals surface area contributed by atoms with Crippen LogP contribution in [0.15, 0.2) is 85.1 Å². The van der Waals surface area contributed by atoms with Crippen molar-refractivity contribution >= 4 is 28.1 Å². The minimum atomic E-state index is -0.417. The second-order valence-corrected chi connectivity index (χ2v) is 6.94. The van der Waals surface area contributed by atoms with Gasteiger partial charge >= 0.3 is 0 Å². The number of hydrogen-bond acceptors (Lipinski definition) is 6. The Balaban J connectivity index is 1.39. The van der Waals surface area contributed by atoms with Crippen molar-refractivity contribution in [3.05, 3.63) is 95.2 Å². The fourth-order valence-corrected chi connectivity index (χ4v) is 3.34. The second-order valence-electron chi connectivity index (χ2n) is 6.94. The van der Waals surface area contributed by atoms with Crippen LogP contribution in [0.3, 0.4) is 0 Å². The Bertz CT molecular complexity index is 1380. The van der Waals surface area contributed by atoms with E-state index in [2.05, 4.69) is 25.5 Å². The summed E-state index contributed by atoms with van der Waals surface area (Å²) in [6.45, 7) is 0. The molecule has 8 nitrogen and oxygen atoms in total. The second kappa shape index (κ2) is 7.68. The summed E-state index contributed by atoms with van der Waals surface area (Å²) in [5, 5.41) is 22.4. The van der Waals surface area contributed by atoms with E-state index in [4.69, 9.17) is 0 Å². The predicted molar refractivity (Wildman–Crippen MR) is 119 cm³/mol. The van der Waals surface area contributed by atoms with Crippen LogP contribution in [-0.2, 0) is 0 Å². The predicted octanol–water partition coefficient (Wildman–Crippen LogP) is 5.34. The molecule has 2 heterocycles. The third-order valence-corrected chi connectivity index (χ3v) is 4.85. The molecule has 31 heavy (non-hydrogen) atoms. The lowest BCUT2D eigenvalue weighted by atomic mass is 10.1. The molecule has 0 aliphatic rings. The van der Waals surface area contributed by atoms with Crippen molar-refractivity contribution in [1.82, 2.24) is 20.2 Å². The molecule has 2 aromatic heterocycles. The molecule has 8 heteroatoms. The van der Waals surface area contributed by atoms with Gasteiger partial charge in [0.15, 0.2) is 0 Å². The van der Waals surface area contributed by atoms with E-state index in [1.807, 2.05) is 60.7 Å². The first-order valence-electron chi connectivity index (χ1n) is 9.55. The number of non-ortho nitro benzene ring substituents is 1. The lowest BCUT2D eigenvalue weighted by molar-refractivity contribution is -0.384. The average molecular weight is 408 g/mol. The van der Waals surface area contributed by atoms with E-state index in [1.165, 1.54) is 12.1 Å². The molecule has 0 saturated heterocycles. The molecule has 5 rings (SSSR count). The highest BCUT2D eigenvalue weighted by Crippen LogP contribution is 2.27. The maximum absolute atomic E-state index is 11.0. The van der Waals surface area contributed by atoms with Gasteiger partial charge in [-0.1, -0.05) is 24.3 Å². The maximum atomic E-state index is 11.0. The van der Waals surface area contributed by atoms with Gasteiger partial charge in [0, 0.05) is 40.8 Å². The molecule has 0 aliphatic carbocycles. The topological polar surface area (TPSA) is 110 Å². The lowest BCUT2D eigenvalue weighted by Crippen LogP contribution is -1.92. The molecule has 150 valence electrons. The maximum Gasteiger partial charge on any atom is 0.271 e. The molecule has 3 aromatic carbocycles. The Hall–Kier alpha value is -4.59. The zero-order chi connectivity index (χ0) is 21.2. The van der Waals surface area contributed by atoms with Crippen LogP contribution in [0.4, 0.5) is 17.1 Å². The summed E-state index contributed by atoms with van der Waals surface area (Å²) in [6, 6.07) is 24.1. The summed E-state index contributed by atoms with van der Waals surface area (Å²) in [7, 11) is 0. The van der Waals surface area contributed by atoms with E-state index in [0.717, 1.165) is 28.2 Å². The van der Waals surface area contributed by atoms with Gasteiger partial charge in [0.05, 0.1) is 21.7 Å². The van der Waals surface area contributed by atoms with Gasteiger partial charge in [0.25, 0.3) is 5.69 Å². The number of fused-ring (bicyclic) bond motifs is 1. The largest absolute Gasteiger partial charge is 0.356 e. The van der Waals surface area contributed by atoms with Crippen molar-refractivity contribution in [2.45, 2.75) is 0 Å². The molecule has 0 bridgehead atoms. The van der Waals surface area contributed by atoms with Crippen molar-refractivity contribution in [3.63, 3.8) is 0 Å². The minimum Gasteiger partial charge on any atom is -0.356 e. The quantitative estimate of drug-likeness (QED) is 0.300. The third-order valence-electron chi connectivity index (χ3n) is 4.85. The van der Waals surface area contributed by atoms with Crippen molar-refractivity contribution in [3.8, 4) is 22.6 Å². The molecule has 2 N–H and O–H groups in total. The number of nitro groups is 1. The summed E-state index contributed by atoms with van der Waals surface area (Å²) in [6.07, 6.45) is 1.65. The first-order valence-corrected chi connectivity index (χ1v) is 9.55. The summed E-state index contributed by atoms with van der Waals surface area (Å²) in [4.78, 5) is 18.3. The van der Waals surface area contributed by atoms with E-state index in [-0.39, 0.29) is 5.69 Å². The number of rotatable bonds is 5. The molecule has 0 amide bonds. The van der Waals surface area contributed by atoms with Crippen molar-refractivity contribution in [1.29, 1.82) is 0 Å². The zero-order valence-electron chi connectivity index (χ0n) is 16.2. The Morgan fingerprint density at radius 3 is 2.52 bits per heavy atom. The average Bonchev–Trinajstić information content (AvgIpc) is 3.24. The Kier molecular flexibility index (Phi) is 4.57. The van der Waals surface area contributed by atoms with E-state index < -0.39 is 4.92 Å². The van der Waals surface area contributed by atoms with Crippen molar-refractivity contribution in [2.75, 3.05) is 5.32 Å². The lowest BCUT2D eigenvalue weighted by Gasteiger charge is -2.08. The van der Waals surface area contributed by atoms with Crippen LogP contribution in [0, 0.1) is 10.1 Å². The Morgan fingerprint density at radius 2 is 1.74 bits per heavy atom. The van der Waals surface area contributed by atoms with Gasteiger partial charge in [-0.2, -0.15) is 10.2 Å². The van der Waals surface area contributed by atoms with Gasteiger partial charge in [-0.15, -0.1) is 0 Å². The number of nitrogens with one attached hydrogen (secondary N) is 2. The molecule has 0 fully saturated rings. The highest BCUT2D eigenvalue weighted by Gasteiger charge is 2.11. The fourth-order valence-electron chi connectivity index (χ4n) is 3.34. The molecule has 0 saturated carbocycles. The van der Waals surface area contributed by atoms with Crippen LogP contribution < -0.4 is 5.32 Å². The molecule has 0 atom stereocenters. The van der Waals surface area contributed by atoms with Crippen LogP contribution in [0.5, 0.6) is 0 Å². The van der Waals surface area contributed by atoms with Gasteiger partial charge < -0.3 is 10.3 Å². The SMILES string of the molecule is O=[N+]([O-])c1ccc2nc(-c3cccc(Nc4ccc(-c5cccnn5)cc4)c3)[nH]c2c1. The number of nitrogens with zero attached hydrogens (tertiary/aromatic N) is 4. The van der Waals surface area contributed by atoms with E-state index >= 15 is 0 Å². The van der Waals surface area contributed by atoms with Crippen LogP contribution in [0.1, 0.15) is 0 Å². The standard InChI is InChI=1S/C23H16N6O2/c30-29(31)19-10-11-21-22(14-19)27-23(26-21)16-3-1-4-18(13-16)25-17-8-6-15(7-9-17)20-5-2-12-24-28-20/h1-14,25H,(H,26,27). The highest BCUT2D eigenvalue weighted by molar-refractivity contribution is 5.82. The normalized spacial score (nSPS) is 10.8. The smallest absolute Gasteiger partial charge is 0.271 e. The fraction of sp³-hybridized carbons (Fsp3) is 0. The zero-order valence-corrected chi connectivity index (χ0v) is 16.2. The number of anilines is 2. The minimum absolute atomic E-state index is 0.0306. The monoisotopic (exact) mass is 408 g/mol. The van der Waals surface area contributed by atoms with Gasteiger partial charge in [0.1, 0.15) is 5.82 Å². The molecule has 5 aromatic rings. The number of imidazole rings is 1. The molecular weight excluding hydrogens is 392 g/mol. The summed E-state index contributed by atoms with van der Waals surface area (Å²) in [5.41, 5.74) is 5.86. The van der Waals surface area contributed by atoms with Gasteiger partial charge in [-0.3, -0.25) is 10.1 Å². The molecule has 0 unspecified atom stereocenters. The van der Waals surface area contributed by atoms with Crippen LogP contribution >= 0.6 is 0 Å². The molecule has 0 aliphatic heterocycles. The number of H-pyrrole nitrogens is 1. The first-order chi connectivity index (χ1) is 15.2. The van der Waals surface area contributed by atoms with Gasteiger partial charge in [-0.05, 0) is 42.5 Å². The number of nitro benzene ring substituents is 1. The van der Waals surface area contributed by atoms with E-state index in [0.29, 0.717) is 16.9 Å². The van der Waals surface area contributed by atoms with Crippen molar-refractivity contribution < 1.29 is 4.92 Å². The van der Waals surface area contributed by atoms with Crippen molar-refractivity contribution in [2.24, 2.45) is 0 Å². The van der Waals surface area contributed by atoms with E-state index in [1.54, 1.807) is 12.3 Å². The number of benzene rings is 3. The molecular formula is C23H16N6O2. The Morgan fingerprint density at radius 1 is 0.871 bits per heavy atom. The van der Waals surface area contributed by atoms with Gasteiger partial charge in [-0.25, -0.2) is 4.98 Å². The summed E-state index contributed by atoms with van der Waals surface area (Å²) < 4.78 is 0. The van der Waals surface area contributed by atoms with Crippen LogP contribution in [-0.4, -0.2) is 25.1 Å². The summed E-state index contributed by atoms with van der Waals surface area (Å²) >= 11 is 0. The molecule has 0 spiro atoms.